The number of halogens is 1. The Kier molecular flexibility index (Phi) is 4.46. The van der Waals surface area contributed by atoms with E-state index in [0.29, 0.717) is 10.6 Å². The van der Waals surface area contributed by atoms with Gasteiger partial charge in [-0.15, -0.1) is 0 Å². The van der Waals surface area contributed by atoms with Gasteiger partial charge < -0.3 is 10.3 Å². The van der Waals surface area contributed by atoms with Crippen molar-refractivity contribution in [1.82, 2.24) is 4.98 Å². The zero-order valence-corrected chi connectivity index (χ0v) is 14.7. The van der Waals surface area contributed by atoms with Crippen LogP contribution in [0.15, 0.2) is 85.1 Å². The molecule has 26 heavy (non-hydrogen) atoms. The van der Waals surface area contributed by atoms with Gasteiger partial charge in [0.2, 0.25) is 0 Å². The summed E-state index contributed by atoms with van der Waals surface area (Å²) in [6, 6.07) is 24.4. The molecular formula is C22H17ClN2O. The maximum atomic E-state index is 13.4. The molecule has 1 atom stereocenters. The largest absolute Gasteiger partial charge is 0.371 e. The summed E-state index contributed by atoms with van der Waals surface area (Å²) in [6.45, 7) is 0. The van der Waals surface area contributed by atoms with Crippen molar-refractivity contribution in [2.24, 2.45) is 0 Å². The standard InChI is InChI=1S/C22H17ClN2O/c23-16-9-6-10-17(13-16)25-21(15-7-2-1-3-8-15)22(26)19-14-24-20-12-5-4-11-18(19)20/h1-14,21,24-25H. The molecule has 1 aromatic heterocycles. The lowest BCUT2D eigenvalue weighted by Gasteiger charge is -2.19. The summed E-state index contributed by atoms with van der Waals surface area (Å²) >= 11 is 6.10. The molecule has 0 amide bonds. The fourth-order valence-electron chi connectivity index (χ4n) is 3.12. The van der Waals surface area contributed by atoms with E-state index < -0.39 is 6.04 Å². The second-order valence-corrected chi connectivity index (χ2v) is 6.55. The van der Waals surface area contributed by atoms with Gasteiger partial charge in [-0.3, -0.25) is 4.79 Å². The number of ketones is 1. The highest BCUT2D eigenvalue weighted by molar-refractivity contribution is 6.30. The van der Waals surface area contributed by atoms with Gasteiger partial charge in [-0.25, -0.2) is 0 Å². The number of H-pyrrole nitrogens is 1. The van der Waals surface area contributed by atoms with Crippen LogP contribution in [0.5, 0.6) is 0 Å². The maximum absolute atomic E-state index is 13.4. The molecule has 0 spiro atoms. The van der Waals surface area contributed by atoms with E-state index in [0.717, 1.165) is 22.2 Å². The lowest BCUT2D eigenvalue weighted by atomic mass is 9.96. The highest BCUT2D eigenvalue weighted by Gasteiger charge is 2.24. The second-order valence-electron chi connectivity index (χ2n) is 6.11. The third-order valence-electron chi connectivity index (χ3n) is 4.39. The number of benzene rings is 3. The van der Waals surface area contributed by atoms with Crippen molar-refractivity contribution in [2.45, 2.75) is 6.04 Å². The molecule has 0 radical (unpaired) electrons. The smallest absolute Gasteiger partial charge is 0.191 e. The molecule has 0 bridgehead atoms. The highest BCUT2D eigenvalue weighted by Crippen LogP contribution is 2.28. The van der Waals surface area contributed by atoms with Crippen LogP contribution < -0.4 is 5.32 Å². The Morgan fingerprint density at radius 1 is 0.923 bits per heavy atom. The van der Waals surface area contributed by atoms with Crippen molar-refractivity contribution in [2.75, 3.05) is 5.32 Å². The van der Waals surface area contributed by atoms with E-state index in [4.69, 9.17) is 11.6 Å². The Hall–Kier alpha value is -3.04. The molecule has 2 N–H and O–H groups in total. The van der Waals surface area contributed by atoms with Gasteiger partial charge in [0.1, 0.15) is 6.04 Å². The summed E-state index contributed by atoms with van der Waals surface area (Å²) in [4.78, 5) is 16.6. The first-order valence-corrected chi connectivity index (χ1v) is 8.77. The van der Waals surface area contributed by atoms with Gasteiger partial charge in [-0.2, -0.15) is 0 Å². The molecule has 0 aliphatic rings. The molecule has 0 fully saturated rings. The summed E-state index contributed by atoms with van der Waals surface area (Å²) in [7, 11) is 0. The first kappa shape index (κ1) is 16.4. The van der Waals surface area contributed by atoms with Gasteiger partial charge in [-0.05, 0) is 29.8 Å². The van der Waals surface area contributed by atoms with Crippen molar-refractivity contribution >= 4 is 34.0 Å². The number of anilines is 1. The Morgan fingerprint density at radius 2 is 1.69 bits per heavy atom. The van der Waals surface area contributed by atoms with Gasteiger partial charge >= 0.3 is 0 Å². The number of hydrogen-bond donors (Lipinski definition) is 2. The number of carbonyl (C=O) groups excluding carboxylic acids is 1. The molecule has 128 valence electrons. The minimum absolute atomic E-state index is 0.00799. The molecule has 0 saturated heterocycles. The van der Waals surface area contributed by atoms with E-state index in [2.05, 4.69) is 10.3 Å². The number of Topliss-reactive ketones (excluding diaryl/α,β-unsaturated/α-hetero) is 1. The van der Waals surface area contributed by atoms with Crippen LogP contribution >= 0.6 is 11.6 Å². The molecule has 4 heteroatoms. The predicted molar refractivity (Wildman–Crippen MR) is 107 cm³/mol. The fraction of sp³-hybridized carbons (Fsp3) is 0.0455. The van der Waals surface area contributed by atoms with E-state index in [9.17, 15) is 4.79 Å². The zero-order valence-electron chi connectivity index (χ0n) is 13.9. The van der Waals surface area contributed by atoms with Gasteiger partial charge in [0.25, 0.3) is 0 Å². The van der Waals surface area contributed by atoms with Gasteiger partial charge in [0.15, 0.2) is 5.78 Å². The average Bonchev–Trinajstić information content (AvgIpc) is 3.10. The maximum Gasteiger partial charge on any atom is 0.191 e. The van der Waals surface area contributed by atoms with Crippen LogP contribution in [0.25, 0.3) is 10.9 Å². The van der Waals surface area contributed by atoms with Crippen LogP contribution in [-0.4, -0.2) is 10.8 Å². The highest BCUT2D eigenvalue weighted by atomic mass is 35.5. The molecule has 4 aromatic rings. The van der Waals surface area contributed by atoms with E-state index >= 15 is 0 Å². The normalized spacial score (nSPS) is 12.0. The van der Waals surface area contributed by atoms with E-state index in [1.807, 2.05) is 78.9 Å². The average molecular weight is 361 g/mol. The SMILES string of the molecule is O=C(c1c[nH]c2ccccc12)C(Nc1cccc(Cl)c1)c1ccccc1. The van der Waals surface area contributed by atoms with Crippen molar-refractivity contribution in [3.63, 3.8) is 0 Å². The summed E-state index contributed by atoms with van der Waals surface area (Å²) in [6.07, 6.45) is 1.78. The minimum atomic E-state index is -0.506. The Bertz CT molecular complexity index is 1060. The number of carbonyl (C=O) groups is 1. The van der Waals surface area contributed by atoms with Crippen molar-refractivity contribution < 1.29 is 4.79 Å². The topological polar surface area (TPSA) is 44.9 Å². The lowest BCUT2D eigenvalue weighted by Crippen LogP contribution is -2.21. The van der Waals surface area contributed by atoms with Gasteiger partial charge in [-0.1, -0.05) is 66.2 Å². The predicted octanol–water partition coefficient (Wildman–Crippen LogP) is 5.86. The number of para-hydroxylation sites is 1. The number of fused-ring (bicyclic) bond motifs is 1. The molecule has 0 aliphatic carbocycles. The fourth-order valence-corrected chi connectivity index (χ4v) is 3.31. The number of rotatable bonds is 5. The molecule has 4 rings (SSSR count). The van der Waals surface area contributed by atoms with E-state index in [1.54, 1.807) is 6.20 Å². The van der Waals surface area contributed by atoms with Crippen molar-refractivity contribution in [3.8, 4) is 0 Å². The number of hydrogen-bond acceptors (Lipinski definition) is 2. The van der Waals surface area contributed by atoms with Gasteiger partial charge in [0, 0.05) is 33.4 Å². The monoisotopic (exact) mass is 360 g/mol. The first-order chi connectivity index (χ1) is 12.7. The van der Waals surface area contributed by atoms with Crippen molar-refractivity contribution in [1.29, 1.82) is 0 Å². The number of nitrogens with one attached hydrogen (secondary N) is 2. The van der Waals surface area contributed by atoms with Crippen LogP contribution in [0, 0.1) is 0 Å². The molecule has 1 heterocycles. The zero-order chi connectivity index (χ0) is 17.9. The molecular weight excluding hydrogens is 344 g/mol. The van der Waals surface area contributed by atoms with Crippen LogP contribution in [0.3, 0.4) is 0 Å². The van der Waals surface area contributed by atoms with Crippen LogP contribution in [0.4, 0.5) is 5.69 Å². The van der Waals surface area contributed by atoms with E-state index in [-0.39, 0.29) is 5.78 Å². The van der Waals surface area contributed by atoms with Crippen molar-refractivity contribution in [3.05, 3.63) is 101 Å². The van der Waals surface area contributed by atoms with E-state index in [1.165, 1.54) is 0 Å². The molecule has 0 saturated carbocycles. The number of aromatic nitrogens is 1. The first-order valence-electron chi connectivity index (χ1n) is 8.40. The molecule has 0 aliphatic heterocycles. The van der Waals surface area contributed by atoms with Crippen LogP contribution in [0.1, 0.15) is 22.0 Å². The number of aromatic amines is 1. The summed E-state index contributed by atoms with van der Waals surface area (Å²) in [5.41, 5.74) is 3.33. The minimum Gasteiger partial charge on any atom is -0.371 e. The summed E-state index contributed by atoms with van der Waals surface area (Å²) in [5, 5.41) is 4.89. The molecule has 1 unspecified atom stereocenters. The van der Waals surface area contributed by atoms with Crippen LogP contribution in [-0.2, 0) is 0 Å². The third-order valence-corrected chi connectivity index (χ3v) is 4.62. The summed E-state index contributed by atoms with van der Waals surface area (Å²) < 4.78 is 0. The van der Waals surface area contributed by atoms with Crippen LogP contribution in [0.2, 0.25) is 5.02 Å². The Labute approximate surface area is 156 Å². The molecule has 3 aromatic carbocycles. The molecule has 3 nitrogen and oxygen atoms in total. The quantitative estimate of drug-likeness (QED) is 0.438. The lowest BCUT2D eigenvalue weighted by molar-refractivity contribution is 0.0971. The summed E-state index contributed by atoms with van der Waals surface area (Å²) in [5.74, 6) is 0.00799. The Balaban J connectivity index is 1.76. The third kappa shape index (κ3) is 3.22. The van der Waals surface area contributed by atoms with Gasteiger partial charge in [0.05, 0.1) is 0 Å². The Morgan fingerprint density at radius 3 is 2.50 bits per heavy atom. The second kappa shape index (κ2) is 7.06.